The maximum Gasteiger partial charge on any atom is 0.247 e. The number of amides is 1. The molecule has 0 radical (unpaired) electrons. The Morgan fingerprint density at radius 3 is 2.76 bits per heavy atom. The first-order valence-electron chi connectivity index (χ1n) is 8.15. The third kappa shape index (κ3) is 1.73. The summed E-state index contributed by atoms with van der Waals surface area (Å²) in [4.78, 5) is 27.8. The molecule has 2 N–H and O–H groups in total. The molecule has 1 aliphatic carbocycles. The molecule has 0 saturated heterocycles. The number of carbonyl (C=O) groups excluding carboxylic acids is 2. The van der Waals surface area contributed by atoms with Crippen LogP contribution >= 0.6 is 0 Å². The highest BCUT2D eigenvalue weighted by Gasteiger charge is 2.61. The number of fused-ring (bicyclic) bond motifs is 3. The average Bonchev–Trinajstić information content (AvgIpc) is 2.78. The number of ketones is 1. The Bertz CT molecular complexity index is 937. The summed E-state index contributed by atoms with van der Waals surface area (Å²) in [6.07, 6.45) is 0.836. The van der Waals surface area contributed by atoms with Crippen LogP contribution in [0.4, 0.5) is 5.69 Å². The lowest BCUT2D eigenvalue weighted by molar-refractivity contribution is -0.125. The second kappa shape index (κ2) is 4.96. The van der Waals surface area contributed by atoms with Crippen LogP contribution in [-0.4, -0.2) is 18.7 Å². The topological polar surface area (TPSA) is 96.4 Å². The summed E-state index contributed by atoms with van der Waals surface area (Å²) in [7, 11) is 1.65. The lowest BCUT2D eigenvalue weighted by atomic mass is 9.64. The molecule has 6 heteroatoms. The summed E-state index contributed by atoms with van der Waals surface area (Å²) in [5.74, 6) is -0.0797. The molecule has 1 aromatic carbocycles. The molecule has 25 heavy (non-hydrogen) atoms. The molecular formula is C19H17N3O3. The molecule has 1 spiro atoms. The van der Waals surface area contributed by atoms with Crippen LogP contribution in [0, 0.1) is 17.2 Å². The van der Waals surface area contributed by atoms with Crippen LogP contribution in [0.3, 0.4) is 0 Å². The Labute approximate surface area is 145 Å². The van der Waals surface area contributed by atoms with Crippen LogP contribution in [0.5, 0.6) is 0 Å². The van der Waals surface area contributed by atoms with Crippen LogP contribution in [0.25, 0.3) is 0 Å². The number of rotatable bonds is 0. The van der Waals surface area contributed by atoms with E-state index >= 15 is 0 Å². The molecule has 0 aromatic heterocycles. The summed E-state index contributed by atoms with van der Waals surface area (Å²) < 4.78 is 5.64. The van der Waals surface area contributed by atoms with Crippen LogP contribution in [0.15, 0.2) is 47.1 Å². The summed E-state index contributed by atoms with van der Waals surface area (Å²) in [5, 5.41) is 9.77. The molecule has 4 rings (SSSR count). The molecule has 2 heterocycles. The number of likely N-dealkylation sites (N-methyl/N-ethyl adjacent to an activating group) is 1. The molecule has 0 unspecified atom stereocenters. The Morgan fingerprint density at radius 1 is 1.32 bits per heavy atom. The van der Waals surface area contributed by atoms with Gasteiger partial charge in [0.2, 0.25) is 11.8 Å². The molecule has 2 atom stereocenters. The maximum absolute atomic E-state index is 13.4. The van der Waals surface area contributed by atoms with Crippen molar-refractivity contribution in [1.82, 2.24) is 0 Å². The average molecular weight is 335 g/mol. The van der Waals surface area contributed by atoms with E-state index < -0.39 is 5.41 Å². The molecule has 126 valence electrons. The first kappa shape index (κ1) is 15.5. The standard InChI is InChI=1S/C19H17N3O3/c1-10-7-14(23)16-15(8-10)25-17(21)12(9-20)19(16)11-5-3-4-6-13(11)22(2)18(19)24/h3-6,10H,7-8,21H2,1-2H3/t10-,19+/m1/s1. The van der Waals surface area contributed by atoms with E-state index in [0.29, 0.717) is 29.9 Å². The largest absolute Gasteiger partial charge is 0.444 e. The number of hydrogen-bond acceptors (Lipinski definition) is 5. The second-order valence-corrected chi connectivity index (χ2v) is 6.82. The van der Waals surface area contributed by atoms with E-state index in [9.17, 15) is 14.9 Å². The van der Waals surface area contributed by atoms with Gasteiger partial charge >= 0.3 is 0 Å². The van der Waals surface area contributed by atoms with Crippen molar-refractivity contribution in [1.29, 1.82) is 5.26 Å². The fourth-order valence-electron chi connectivity index (χ4n) is 4.25. The summed E-state index contributed by atoms with van der Waals surface area (Å²) in [5.41, 5.74) is 6.09. The van der Waals surface area contributed by atoms with Crippen LogP contribution in [0.2, 0.25) is 0 Å². The van der Waals surface area contributed by atoms with Gasteiger partial charge in [-0.2, -0.15) is 5.26 Å². The van der Waals surface area contributed by atoms with Crippen LogP contribution < -0.4 is 10.6 Å². The molecule has 3 aliphatic rings. The van der Waals surface area contributed by atoms with Crippen molar-refractivity contribution >= 4 is 17.4 Å². The third-order valence-corrected chi connectivity index (χ3v) is 5.26. The van der Waals surface area contributed by atoms with Crippen molar-refractivity contribution in [3.8, 4) is 6.07 Å². The number of hydrogen-bond donors (Lipinski definition) is 1. The van der Waals surface area contributed by atoms with Crippen molar-refractivity contribution in [2.45, 2.75) is 25.2 Å². The van der Waals surface area contributed by atoms with Gasteiger partial charge in [-0.05, 0) is 12.0 Å². The number of nitriles is 1. The van der Waals surface area contributed by atoms with Gasteiger partial charge in [-0.25, -0.2) is 0 Å². The zero-order chi connectivity index (χ0) is 17.9. The monoisotopic (exact) mass is 335 g/mol. The first-order valence-corrected chi connectivity index (χ1v) is 8.15. The van der Waals surface area contributed by atoms with E-state index in [4.69, 9.17) is 10.5 Å². The van der Waals surface area contributed by atoms with E-state index in [1.807, 2.05) is 19.1 Å². The Hall–Kier alpha value is -3.07. The number of allylic oxidation sites excluding steroid dienone is 1. The number of ether oxygens (including phenoxy) is 1. The Morgan fingerprint density at radius 2 is 2.04 bits per heavy atom. The van der Waals surface area contributed by atoms with Gasteiger partial charge in [-0.1, -0.05) is 25.1 Å². The van der Waals surface area contributed by atoms with Crippen molar-refractivity contribution in [2.24, 2.45) is 11.7 Å². The Balaban J connectivity index is 2.13. The highest BCUT2D eigenvalue weighted by atomic mass is 16.5. The van der Waals surface area contributed by atoms with E-state index in [-0.39, 0.29) is 34.6 Å². The number of anilines is 1. The van der Waals surface area contributed by atoms with Gasteiger partial charge in [-0.3, -0.25) is 9.59 Å². The van der Waals surface area contributed by atoms with Gasteiger partial charge in [0, 0.05) is 31.1 Å². The van der Waals surface area contributed by atoms with E-state index in [1.165, 1.54) is 4.90 Å². The van der Waals surface area contributed by atoms with Crippen molar-refractivity contribution in [2.75, 3.05) is 11.9 Å². The highest BCUT2D eigenvalue weighted by Crippen LogP contribution is 2.55. The quantitative estimate of drug-likeness (QED) is 0.781. The molecule has 6 nitrogen and oxygen atoms in total. The van der Waals surface area contributed by atoms with Gasteiger partial charge in [0.05, 0.1) is 5.57 Å². The summed E-state index contributed by atoms with van der Waals surface area (Å²) >= 11 is 0. The molecule has 0 saturated carbocycles. The predicted octanol–water partition coefficient (Wildman–Crippen LogP) is 1.88. The van der Waals surface area contributed by atoms with E-state index in [1.54, 1.807) is 25.2 Å². The maximum atomic E-state index is 13.4. The zero-order valence-electron chi connectivity index (χ0n) is 14.0. The second-order valence-electron chi connectivity index (χ2n) is 6.82. The van der Waals surface area contributed by atoms with Gasteiger partial charge in [0.1, 0.15) is 22.8 Å². The van der Waals surface area contributed by atoms with Gasteiger partial charge in [0.25, 0.3) is 0 Å². The number of benzene rings is 1. The van der Waals surface area contributed by atoms with Crippen LogP contribution in [0.1, 0.15) is 25.3 Å². The predicted molar refractivity (Wildman–Crippen MR) is 89.9 cm³/mol. The summed E-state index contributed by atoms with van der Waals surface area (Å²) in [6, 6.07) is 9.24. The normalized spacial score (nSPS) is 28.0. The van der Waals surface area contributed by atoms with Crippen molar-refractivity contribution in [3.05, 3.63) is 52.6 Å². The number of para-hydroxylation sites is 1. The first-order chi connectivity index (χ1) is 11.9. The molecule has 0 fully saturated rings. The van der Waals surface area contributed by atoms with Gasteiger partial charge in [-0.15, -0.1) is 0 Å². The third-order valence-electron chi connectivity index (χ3n) is 5.26. The number of nitrogens with zero attached hydrogens (tertiary/aromatic N) is 2. The number of Topliss-reactive ketones (excluding diaryl/α,β-unsaturated/α-hetero) is 1. The molecule has 0 bridgehead atoms. The van der Waals surface area contributed by atoms with Crippen LogP contribution in [-0.2, 0) is 19.7 Å². The van der Waals surface area contributed by atoms with E-state index in [0.717, 1.165) is 0 Å². The smallest absolute Gasteiger partial charge is 0.247 e. The minimum absolute atomic E-state index is 0.00375. The minimum atomic E-state index is -1.49. The zero-order valence-corrected chi connectivity index (χ0v) is 14.0. The fourth-order valence-corrected chi connectivity index (χ4v) is 4.25. The lowest BCUT2D eigenvalue weighted by Crippen LogP contribution is -2.48. The van der Waals surface area contributed by atoms with Crippen molar-refractivity contribution < 1.29 is 14.3 Å². The van der Waals surface area contributed by atoms with Crippen molar-refractivity contribution in [3.63, 3.8) is 0 Å². The molecular weight excluding hydrogens is 318 g/mol. The minimum Gasteiger partial charge on any atom is -0.444 e. The SMILES string of the molecule is C[C@@H]1CC(=O)C2=C(C1)OC(N)=C(C#N)[C@]21C(=O)N(C)c2ccccc21. The number of nitrogens with two attached hydrogens (primary N) is 1. The molecule has 1 amide bonds. The van der Waals surface area contributed by atoms with Gasteiger partial charge < -0.3 is 15.4 Å². The highest BCUT2D eigenvalue weighted by molar-refractivity contribution is 6.19. The lowest BCUT2D eigenvalue weighted by Gasteiger charge is -2.38. The van der Waals surface area contributed by atoms with E-state index in [2.05, 4.69) is 0 Å². The molecule has 2 aliphatic heterocycles. The number of carbonyl (C=O) groups is 2. The Kier molecular flexibility index (Phi) is 3.07. The fraction of sp³-hybridized carbons (Fsp3) is 0.316. The molecule has 1 aromatic rings. The van der Waals surface area contributed by atoms with Gasteiger partial charge in [0.15, 0.2) is 5.78 Å². The summed E-state index contributed by atoms with van der Waals surface area (Å²) in [6.45, 7) is 1.95.